The van der Waals surface area contributed by atoms with Crippen LogP contribution in [0, 0.1) is 5.92 Å². The molecule has 0 amide bonds. The van der Waals surface area contributed by atoms with E-state index in [9.17, 15) is 0 Å². The standard InChI is InChI=1S/C19H40S2/c1-2-3-4-5-6-7-8-9-10-11-12-13-14-15-16-19(17-20)18-21/h19-21H,2-18H2,1H3. The lowest BCUT2D eigenvalue weighted by molar-refractivity contribution is 0.510. The first-order valence-electron chi connectivity index (χ1n) is 9.56. The van der Waals surface area contributed by atoms with Crippen LogP contribution in [0.1, 0.15) is 103 Å². The zero-order chi connectivity index (χ0) is 15.6. The molecule has 0 aromatic carbocycles. The van der Waals surface area contributed by atoms with Gasteiger partial charge in [-0.15, -0.1) is 0 Å². The van der Waals surface area contributed by atoms with E-state index >= 15 is 0 Å². The summed E-state index contributed by atoms with van der Waals surface area (Å²) in [5.74, 6) is 2.73. The second kappa shape index (κ2) is 18.7. The van der Waals surface area contributed by atoms with E-state index in [1.807, 2.05) is 0 Å². The van der Waals surface area contributed by atoms with Gasteiger partial charge in [-0.3, -0.25) is 0 Å². The van der Waals surface area contributed by atoms with Crippen LogP contribution >= 0.6 is 25.3 Å². The molecule has 21 heavy (non-hydrogen) atoms. The molecule has 0 nitrogen and oxygen atoms in total. The summed E-state index contributed by atoms with van der Waals surface area (Å²) in [5.41, 5.74) is 0. The molecule has 0 saturated heterocycles. The summed E-state index contributed by atoms with van der Waals surface area (Å²) in [7, 11) is 0. The number of hydrogen-bond donors (Lipinski definition) is 2. The largest absolute Gasteiger partial charge is 0.179 e. The van der Waals surface area contributed by atoms with Gasteiger partial charge in [0.15, 0.2) is 0 Å². The smallest absolute Gasteiger partial charge is 0.00617 e. The summed E-state index contributed by atoms with van der Waals surface area (Å²) in [6.07, 6.45) is 21.5. The van der Waals surface area contributed by atoms with Crippen molar-refractivity contribution in [3.05, 3.63) is 0 Å². The highest BCUT2D eigenvalue weighted by molar-refractivity contribution is 7.81. The molecule has 0 aliphatic heterocycles. The van der Waals surface area contributed by atoms with Crippen LogP contribution in [0.15, 0.2) is 0 Å². The Bertz CT molecular complexity index is 178. The fraction of sp³-hybridized carbons (Fsp3) is 1.00. The minimum absolute atomic E-state index is 0.731. The first-order valence-corrected chi connectivity index (χ1v) is 10.8. The lowest BCUT2D eigenvalue weighted by atomic mass is 10.0. The molecule has 0 saturated carbocycles. The molecule has 0 unspecified atom stereocenters. The molecule has 0 aliphatic carbocycles. The average molecular weight is 333 g/mol. The lowest BCUT2D eigenvalue weighted by Gasteiger charge is -2.10. The van der Waals surface area contributed by atoms with Crippen molar-refractivity contribution in [1.82, 2.24) is 0 Å². The molecule has 0 spiro atoms. The Morgan fingerprint density at radius 3 is 1.19 bits per heavy atom. The fourth-order valence-corrected chi connectivity index (χ4v) is 3.69. The van der Waals surface area contributed by atoms with Crippen LogP contribution in [0.3, 0.4) is 0 Å². The quantitative estimate of drug-likeness (QED) is 0.202. The average Bonchev–Trinajstić information content (AvgIpc) is 2.51. The minimum Gasteiger partial charge on any atom is -0.179 e. The molecular formula is C19H40S2. The van der Waals surface area contributed by atoms with Gasteiger partial charge in [0.1, 0.15) is 0 Å². The van der Waals surface area contributed by atoms with E-state index in [4.69, 9.17) is 0 Å². The van der Waals surface area contributed by atoms with Gasteiger partial charge >= 0.3 is 0 Å². The molecule has 0 aromatic rings. The SMILES string of the molecule is CCCCCCCCCCCCCCCCC(CS)CS. The summed E-state index contributed by atoms with van der Waals surface area (Å²) in [4.78, 5) is 0. The van der Waals surface area contributed by atoms with Gasteiger partial charge in [-0.25, -0.2) is 0 Å². The number of hydrogen-bond acceptors (Lipinski definition) is 2. The Labute approximate surface area is 146 Å². The van der Waals surface area contributed by atoms with E-state index in [0.717, 1.165) is 17.4 Å². The van der Waals surface area contributed by atoms with Gasteiger partial charge < -0.3 is 0 Å². The van der Waals surface area contributed by atoms with Crippen LogP contribution in [0.25, 0.3) is 0 Å². The number of thiol groups is 2. The summed E-state index contributed by atoms with van der Waals surface area (Å²) in [6.45, 7) is 2.29. The molecule has 0 fully saturated rings. The van der Waals surface area contributed by atoms with Crippen molar-refractivity contribution in [2.75, 3.05) is 11.5 Å². The van der Waals surface area contributed by atoms with Crippen LogP contribution < -0.4 is 0 Å². The summed E-state index contributed by atoms with van der Waals surface area (Å²) < 4.78 is 0. The Morgan fingerprint density at radius 2 is 0.857 bits per heavy atom. The van der Waals surface area contributed by atoms with Crippen molar-refractivity contribution in [3.63, 3.8) is 0 Å². The zero-order valence-electron chi connectivity index (χ0n) is 14.5. The molecule has 0 rings (SSSR count). The highest BCUT2D eigenvalue weighted by Gasteiger charge is 2.03. The highest BCUT2D eigenvalue weighted by atomic mass is 32.1. The third-order valence-corrected chi connectivity index (χ3v) is 5.52. The van der Waals surface area contributed by atoms with Crippen LogP contribution in [0.5, 0.6) is 0 Å². The molecule has 0 aromatic heterocycles. The van der Waals surface area contributed by atoms with Crippen LogP contribution in [-0.2, 0) is 0 Å². The number of rotatable bonds is 17. The van der Waals surface area contributed by atoms with Gasteiger partial charge in [0, 0.05) is 0 Å². The van der Waals surface area contributed by atoms with Crippen molar-refractivity contribution in [2.24, 2.45) is 5.92 Å². The van der Waals surface area contributed by atoms with E-state index in [2.05, 4.69) is 32.2 Å². The van der Waals surface area contributed by atoms with Crippen molar-refractivity contribution in [1.29, 1.82) is 0 Å². The Morgan fingerprint density at radius 1 is 0.524 bits per heavy atom. The fourth-order valence-electron chi connectivity index (χ4n) is 2.87. The third-order valence-electron chi connectivity index (χ3n) is 4.48. The van der Waals surface area contributed by atoms with E-state index in [1.165, 1.54) is 96.3 Å². The molecule has 0 aliphatic rings. The van der Waals surface area contributed by atoms with Gasteiger partial charge in [-0.1, -0.05) is 96.8 Å². The predicted molar refractivity (Wildman–Crippen MR) is 106 cm³/mol. The van der Waals surface area contributed by atoms with Gasteiger partial charge in [0.25, 0.3) is 0 Å². The van der Waals surface area contributed by atoms with Crippen molar-refractivity contribution < 1.29 is 0 Å². The molecule has 2 heteroatoms. The van der Waals surface area contributed by atoms with E-state index in [0.29, 0.717) is 0 Å². The maximum absolute atomic E-state index is 4.37. The van der Waals surface area contributed by atoms with Gasteiger partial charge in [-0.05, 0) is 23.8 Å². The van der Waals surface area contributed by atoms with Crippen LogP contribution in [0.2, 0.25) is 0 Å². The van der Waals surface area contributed by atoms with Gasteiger partial charge in [0.2, 0.25) is 0 Å². The third kappa shape index (κ3) is 16.9. The second-order valence-electron chi connectivity index (χ2n) is 6.62. The van der Waals surface area contributed by atoms with Gasteiger partial charge in [0.05, 0.1) is 0 Å². The summed E-state index contributed by atoms with van der Waals surface area (Å²) >= 11 is 8.74. The molecule has 0 heterocycles. The van der Waals surface area contributed by atoms with Crippen molar-refractivity contribution >= 4 is 25.3 Å². The molecular weight excluding hydrogens is 292 g/mol. The molecule has 128 valence electrons. The minimum atomic E-state index is 0.731. The topological polar surface area (TPSA) is 0 Å². The first-order chi connectivity index (χ1) is 10.3. The molecule has 0 bridgehead atoms. The summed E-state index contributed by atoms with van der Waals surface area (Å²) in [6, 6.07) is 0. The first kappa shape index (κ1) is 21.7. The Kier molecular flexibility index (Phi) is 19.4. The van der Waals surface area contributed by atoms with E-state index < -0.39 is 0 Å². The predicted octanol–water partition coefficient (Wildman–Crippen LogP) is 7.33. The maximum atomic E-state index is 4.37. The van der Waals surface area contributed by atoms with E-state index in [-0.39, 0.29) is 0 Å². The van der Waals surface area contributed by atoms with Crippen LogP contribution in [0.4, 0.5) is 0 Å². The maximum Gasteiger partial charge on any atom is -0.00617 e. The van der Waals surface area contributed by atoms with Crippen molar-refractivity contribution in [3.8, 4) is 0 Å². The Hall–Kier alpha value is 0.700. The zero-order valence-corrected chi connectivity index (χ0v) is 16.3. The second-order valence-corrected chi connectivity index (χ2v) is 7.35. The molecule has 0 radical (unpaired) electrons. The normalized spacial score (nSPS) is 11.4. The Balaban J connectivity index is 3.02. The molecule has 0 N–H and O–H groups in total. The number of unbranched alkanes of at least 4 members (excludes halogenated alkanes) is 13. The lowest BCUT2D eigenvalue weighted by Crippen LogP contribution is -2.03. The highest BCUT2D eigenvalue weighted by Crippen LogP contribution is 2.16. The van der Waals surface area contributed by atoms with Crippen molar-refractivity contribution in [2.45, 2.75) is 103 Å². The monoisotopic (exact) mass is 332 g/mol. The van der Waals surface area contributed by atoms with Gasteiger partial charge in [-0.2, -0.15) is 25.3 Å². The summed E-state index contributed by atoms with van der Waals surface area (Å²) in [5, 5.41) is 0. The molecule has 0 atom stereocenters. The van der Waals surface area contributed by atoms with Crippen LogP contribution in [-0.4, -0.2) is 11.5 Å². The van der Waals surface area contributed by atoms with E-state index in [1.54, 1.807) is 0 Å².